The number of ketones is 1. The predicted molar refractivity (Wildman–Crippen MR) is 106 cm³/mol. The summed E-state index contributed by atoms with van der Waals surface area (Å²) in [5.74, 6) is -1.05. The standard InChI is InChI=1S/C21H23ClFN3O2/c1-3-17(25-12(2)26-21(28)13-6-7-13)15-8-9-16(22)18(19(15)23)20(27)14-5-4-10-24-11-14/h4-5,8-13,17,25H,3,6-7H2,1-2H3,(H,26,28)/t12-,17-/m1/s1. The summed E-state index contributed by atoms with van der Waals surface area (Å²) < 4.78 is 15.3. The van der Waals surface area contributed by atoms with Crippen LogP contribution in [0.4, 0.5) is 4.39 Å². The van der Waals surface area contributed by atoms with Crippen molar-refractivity contribution in [3.8, 4) is 0 Å². The molecule has 1 aromatic heterocycles. The number of rotatable bonds is 8. The molecule has 7 heteroatoms. The van der Waals surface area contributed by atoms with Gasteiger partial charge < -0.3 is 5.32 Å². The molecule has 0 aliphatic heterocycles. The Morgan fingerprint density at radius 2 is 2.07 bits per heavy atom. The molecule has 1 aliphatic carbocycles. The lowest BCUT2D eigenvalue weighted by atomic mass is 9.96. The number of carbonyl (C=O) groups excluding carboxylic acids is 2. The van der Waals surface area contributed by atoms with Gasteiger partial charge in [-0.2, -0.15) is 0 Å². The molecule has 1 heterocycles. The van der Waals surface area contributed by atoms with Gasteiger partial charge in [0.1, 0.15) is 5.82 Å². The van der Waals surface area contributed by atoms with Gasteiger partial charge in [-0.05, 0) is 44.4 Å². The van der Waals surface area contributed by atoms with E-state index >= 15 is 4.39 Å². The van der Waals surface area contributed by atoms with Gasteiger partial charge in [-0.1, -0.05) is 24.6 Å². The van der Waals surface area contributed by atoms with Gasteiger partial charge in [0.2, 0.25) is 5.91 Å². The van der Waals surface area contributed by atoms with E-state index < -0.39 is 11.6 Å². The molecule has 0 saturated heterocycles. The summed E-state index contributed by atoms with van der Waals surface area (Å²) in [7, 11) is 0. The Morgan fingerprint density at radius 1 is 1.32 bits per heavy atom. The first-order valence-corrected chi connectivity index (χ1v) is 9.79. The summed E-state index contributed by atoms with van der Waals surface area (Å²) in [6, 6.07) is 5.91. The lowest BCUT2D eigenvalue weighted by Crippen LogP contribution is -2.45. The van der Waals surface area contributed by atoms with Crippen molar-refractivity contribution < 1.29 is 14.0 Å². The molecule has 0 bridgehead atoms. The Hall–Kier alpha value is -2.31. The number of nitrogens with zero attached hydrogens (tertiary/aromatic N) is 1. The lowest BCUT2D eigenvalue weighted by molar-refractivity contribution is -0.123. The van der Waals surface area contributed by atoms with Gasteiger partial charge in [0.25, 0.3) is 0 Å². The van der Waals surface area contributed by atoms with Crippen LogP contribution in [0.25, 0.3) is 0 Å². The first-order chi connectivity index (χ1) is 13.4. The summed E-state index contributed by atoms with van der Waals surface area (Å²) in [6.07, 6.45) is 5.01. The fraction of sp³-hybridized carbons (Fsp3) is 0.381. The molecule has 148 valence electrons. The average molecular weight is 404 g/mol. The maximum atomic E-state index is 15.3. The maximum absolute atomic E-state index is 15.3. The van der Waals surface area contributed by atoms with Crippen LogP contribution in [0.2, 0.25) is 5.02 Å². The van der Waals surface area contributed by atoms with E-state index in [1.165, 1.54) is 12.3 Å². The number of halogens is 2. The zero-order chi connectivity index (χ0) is 20.3. The number of carbonyl (C=O) groups is 2. The number of pyridine rings is 1. The van der Waals surface area contributed by atoms with Crippen LogP contribution in [-0.2, 0) is 4.79 Å². The zero-order valence-electron chi connectivity index (χ0n) is 15.8. The number of nitrogens with one attached hydrogen (secondary N) is 2. The number of amides is 1. The van der Waals surface area contributed by atoms with Crippen molar-refractivity contribution in [1.82, 2.24) is 15.6 Å². The van der Waals surface area contributed by atoms with E-state index in [0.29, 0.717) is 12.0 Å². The second-order valence-electron chi connectivity index (χ2n) is 7.03. The smallest absolute Gasteiger partial charge is 0.224 e. The molecule has 1 fully saturated rings. The van der Waals surface area contributed by atoms with E-state index in [4.69, 9.17) is 11.6 Å². The van der Waals surface area contributed by atoms with E-state index in [0.717, 1.165) is 12.8 Å². The van der Waals surface area contributed by atoms with Gasteiger partial charge in [-0.25, -0.2) is 4.39 Å². The SMILES string of the molecule is CC[C@@H](N[C@@H](C)NC(=O)C1CC1)c1ccc(Cl)c(C(=O)c2cccnc2)c1F. The van der Waals surface area contributed by atoms with Crippen LogP contribution in [0.3, 0.4) is 0 Å². The lowest BCUT2D eigenvalue weighted by Gasteiger charge is -2.24. The summed E-state index contributed by atoms with van der Waals surface area (Å²) in [4.78, 5) is 28.6. The first-order valence-electron chi connectivity index (χ1n) is 9.41. The third-order valence-corrected chi connectivity index (χ3v) is 5.13. The van der Waals surface area contributed by atoms with Crippen LogP contribution in [0.15, 0.2) is 36.7 Å². The monoisotopic (exact) mass is 403 g/mol. The van der Waals surface area contributed by atoms with E-state index in [1.54, 1.807) is 24.4 Å². The molecule has 0 spiro atoms. The minimum atomic E-state index is -0.651. The number of hydrogen-bond donors (Lipinski definition) is 2. The third kappa shape index (κ3) is 4.56. The summed E-state index contributed by atoms with van der Waals surface area (Å²) in [6.45, 7) is 3.72. The molecule has 1 aliphatic rings. The highest BCUT2D eigenvalue weighted by Crippen LogP contribution is 2.30. The molecule has 2 N–H and O–H groups in total. The van der Waals surface area contributed by atoms with Gasteiger partial charge in [-0.3, -0.25) is 19.9 Å². The van der Waals surface area contributed by atoms with Crippen molar-refractivity contribution >= 4 is 23.3 Å². The Kier molecular flexibility index (Phi) is 6.42. The highest BCUT2D eigenvalue weighted by atomic mass is 35.5. The minimum absolute atomic E-state index is 0.0128. The number of benzene rings is 1. The second kappa shape index (κ2) is 8.80. The molecule has 28 heavy (non-hydrogen) atoms. The van der Waals surface area contributed by atoms with Crippen LogP contribution in [0.1, 0.15) is 60.6 Å². The topological polar surface area (TPSA) is 71.1 Å². The molecule has 2 aromatic rings. The van der Waals surface area contributed by atoms with Crippen LogP contribution in [0, 0.1) is 11.7 Å². The predicted octanol–water partition coefficient (Wildman–Crippen LogP) is 4.02. The van der Waals surface area contributed by atoms with Gasteiger partial charge in [0, 0.05) is 35.5 Å². The molecule has 5 nitrogen and oxygen atoms in total. The van der Waals surface area contributed by atoms with Crippen molar-refractivity contribution in [2.24, 2.45) is 5.92 Å². The molecule has 1 saturated carbocycles. The second-order valence-corrected chi connectivity index (χ2v) is 7.44. The highest BCUT2D eigenvalue weighted by molar-refractivity contribution is 6.35. The average Bonchev–Trinajstić information content (AvgIpc) is 3.52. The fourth-order valence-electron chi connectivity index (χ4n) is 3.14. The van der Waals surface area contributed by atoms with Crippen LogP contribution in [-0.4, -0.2) is 22.8 Å². The van der Waals surface area contributed by atoms with E-state index in [1.807, 2.05) is 13.8 Å². The Bertz CT molecular complexity index is 871. The Balaban J connectivity index is 1.84. The van der Waals surface area contributed by atoms with E-state index in [-0.39, 0.29) is 40.2 Å². The molecule has 2 atom stereocenters. The fourth-order valence-corrected chi connectivity index (χ4v) is 3.37. The molecule has 1 aromatic carbocycles. The van der Waals surface area contributed by atoms with Crippen LogP contribution >= 0.6 is 11.6 Å². The summed E-state index contributed by atoms with van der Waals surface area (Å²) in [5.41, 5.74) is 0.445. The maximum Gasteiger partial charge on any atom is 0.224 e. The normalized spacial score (nSPS) is 15.7. The van der Waals surface area contributed by atoms with Gasteiger partial charge in [0.05, 0.1) is 16.8 Å². The number of aromatic nitrogens is 1. The quantitative estimate of drug-likeness (QED) is 0.516. The molecule has 3 rings (SSSR count). The van der Waals surface area contributed by atoms with Gasteiger partial charge >= 0.3 is 0 Å². The van der Waals surface area contributed by atoms with Gasteiger partial charge in [0.15, 0.2) is 5.78 Å². The zero-order valence-corrected chi connectivity index (χ0v) is 16.6. The van der Waals surface area contributed by atoms with Gasteiger partial charge in [-0.15, -0.1) is 0 Å². The summed E-state index contributed by atoms with van der Waals surface area (Å²) in [5, 5.41) is 6.18. The van der Waals surface area contributed by atoms with Crippen LogP contribution < -0.4 is 10.6 Å². The van der Waals surface area contributed by atoms with Crippen molar-refractivity contribution in [2.75, 3.05) is 0 Å². The molecule has 0 radical (unpaired) electrons. The molecule has 1 amide bonds. The molecular weight excluding hydrogens is 381 g/mol. The Morgan fingerprint density at radius 3 is 2.68 bits per heavy atom. The largest absolute Gasteiger partial charge is 0.341 e. The third-order valence-electron chi connectivity index (χ3n) is 4.81. The highest BCUT2D eigenvalue weighted by Gasteiger charge is 2.31. The molecule has 0 unspecified atom stereocenters. The van der Waals surface area contributed by atoms with Crippen molar-refractivity contribution in [3.05, 3.63) is 64.2 Å². The van der Waals surface area contributed by atoms with Crippen molar-refractivity contribution in [3.63, 3.8) is 0 Å². The first kappa shape index (κ1) is 20.4. The van der Waals surface area contributed by atoms with E-state index in [2.05, 4.69) is 15.6 Å². The van der Waals surface area contributed by atoms with E-state index in [9.17, 15) is 9.59 Å². The summed E-state index contributed by atoms with van der Waals surface area (Å²) >= 11 is 6.15. The minimum Gasteiger partial charge on any atom is -0.341 e. The molecular formula is C21H23ClFN3O2. The Labute approximate surface area is 168 Å². The van der Waals surface area contributed by atoms with Crippen LogP contribution in [0.5, 0.6) is 0 Å². The van der Waals surface area contributed by atoms with Crippen molar-refractivity contribution in [2.45, 2.75) is 45.3 Å². The number of hydrogen-bond acceptors (Lipinski definition) is 4. The van der Waals surface area contributed by atoms with Crippen molar-refractivity contribution in [1.29, 1.82) is 0 Å².